The van der Waals surface area contributed by atoms with E-state index in [-0.39, 0.29) is 15.8 Å². The number of hydrogen-bond acceptors (Lipinski definition) is 4. The van der Waals surface area contributed by atoms with Crippen molar-refractivity contribution < 1.29 is 28.9 Å². The summed E-state index contributed by atoms with van der Waals surface area (Å²) in [5.74, 6) is 0. The number of benzene rings is 4. The summed E-state index contributed by atoms with van der Waals surface area (Å²) in [5, 5.41) is 5.97. The van der Waals surface area contributed by atoms with Gasteiger partial charge < -0.3 is 0 Å². The molecule has 0 fully saturated rings. The van der Waals surface area contributed by atoms with E-state index in [4.69, 9.17) is 18.6 Å². The summed E-state index contributed by atoms with van der Waals surface area (Å²) in [7, 11) is -5.26. The van der Waals surface area contributed by atoms with Crippen LogP contribution in [0.1, 0.15) is 12.8 Å². The Morgan fingerprint density at radius 1 is 0.457 bits per heavy atom. The molecule has 4 nitrogen and oxygen atoms in total. The zero-order valence-corrected chi connectivity index (χ0v) is 21.9. The number of hydrogen-bond donors (Lipinski definition) is 1. The topological polar surface area (TPSA) is 89.4 Å². The van der Waals surface area contributed by atoms with Crippen LogP contribution < -0.4 is 35.2 Å². The molecular formula is C28H29ClO4P2. The molecular weight excluding hydrogens is 498 g/mol. The molecule has 0 aliphatic heterocycles. The number of halogens is 1. The summed E-state index contributed by atoms with van der Waals surface area (Å²) in [6.07, 6.45) is 5.06. The molecule has 0 unspecified atom stereocenters. The average Bonchev–Trinajstić information content (AvgIpc) is 2.87. The van der Waals surface area contributed by atoms with Crippen molar-refractivity contribution in [2.24, 2.45) is 0 Å². The highest BCUT2D eigenvalue weighted by molar-refractivity contribution is 7.73. The molecule has 0 heterocycles. The molecule has 0 aliphatic rings. The lowest BCUT2D eigenvalue weighted by atomic mass is 10.4. The lowest BCUT2D eigenvalue weighted by Gasteiger charge is -2.21. The Kier molecular flexibility index (Phi) is 11.3. The predicted molar refractivity (Wildman–Crippen MR) is 139 cm³/mol. The van der Waals surface area contributed by atoms with Gasteiger partial charge in [-0.05, 0) is 62.2 Å². The van der Waals surface area contributed by atoms with Gasteiger partial charge in [0.2, 0.25) is 0 Å². The molecule has 0 aliphatic carbocycles. The van der Waals surface area contributed by atoms with Crippen molar-refractivity contribution in [3.05, 3.63) is 121 Å². The van der Waals surface area contributed by atoms with E-state index >= 15 is 0 Å². The Morgan fingerprint density at radius 2 is 0.657 bits per heavy atom. The highest BCUT2D eigenvalue weighted by atomic mass is 35.7. The van der Waals surface area contributed by atoms with Crippen LogP contribution >= 0.6 is 15.8 Å². The van der Waals surface area contributed by atoms with E-state index in [0.29, 0.717) is 0 Å². The summed E-state index contributed by atoms with van der Waals surface area (Å²) in [6, 6.07) is 44.3. The summed E-state index contributed by atoms with van der Waals surface area (Å²) < 4.78 is 32.7. The third kappa shape index (κ3) is 10.2. The van der Waals surface area contributed by atoms with E-state index in [1.807, 2.05) is 0 Å². The van der Waals surface area contributed by atoms with Crippen molar-refractivity contribution in [3.8, 4) is 0 Å². The lowest BCUT2D eigenvalue weighted by Crippen LogP contribution is -2.58. The smallest absolute Gasteiger partial charge is 0.0777 e. The molecule has 35 heavy (non-hydrogen) atoms. The molecule has 0 bridgehead atoms. The van der Waals surface area contributed by atoms with Gasteiger partial charge in [0.25, 0.3) is 0 Å². The predicted octanol–water partition coefficient (Wildman–Crippen LogP) is 1.91. The van der Waals surface area contributed by atoms with Crippen molar-refractivity contribution in [1.29, 1.82) is 0 Å². The maximum atomic E-state index is 8.60. The minimum Gasteiger partial charge on any atom is -0.183 e. The molecule has 4 rings (SSSR count). The highest BCUT2D eigenvalue weighted by Gasteiger charge is 2.16. The molecule has 4 aromatic carbocycles. The lowest BCUT2D eigenvalue weighted by molar-refractivity contribution is -1.92. The number of unbranched alkanes of at least 4 members (excludes halogenated alkanes) is 1. The van der Waals surface area contributed by atoms with Crippen LogP contribution in [0.5, 0.6) is 0 Å². The van der Waals surface area contributed by atoms with Crippen LogP contribution in [0, 0.1) is 10.2 Å². The molecule has 7 heteroatoms. The van der Waals surface area contributed by atoms with Crippen molar-refractivity contribution in [3.63, 3.8) is 0 Å². The molecule has 182 valence electrons. The Labute approximate surface area is 212 Å². The van der Waals surface area contributed by atoms with Crippen molar-refractivity contribution >= 4 is 37.1 Å². The Balaban J connectivity index is 0.000000623. The highest BCUT2D eigenvalue weighted by Crippen LogP contribution is 2.38. The minimum atomic E-state index is -4.69. The summed E-state index contributed by atoms with van der Waals surface area (Å²) in [4.78, 5) is 0. The third-order valence-corrected chi connectivity index (χ3v) is 10.5. The Morgan fingerprint density at radius 3 is 0.857 bits per heavy atom. The first-order chi connectivity index (χ1) is 16.9. The molecule has 0 aromatic heterocycles. The first-order valence-electron chi connectivity index (χ1n) is 11.3. The zero-order chi connectivity index (χ0) is 24.9. The standard InChI is InChI=1S/C28H28P2.ClHO4/c1-5-15-25(16-6-1)29(26-17-7-2-8-18-26)23-13-14-24-30(27-19-9-3-10-20-27)28-21-11-4-12-22-28;2-1(3,4)5/h1-12,15-22H,13-14,23-24H2;(H,2,3,4,5). The second kappa shape index (κ2) is 14.4. The van der Waals surface area contributed by atoms with E-state index in [1.54, 1.807) is 0 Å². The monoisotopic (exact) mass is 526 g/mol. The van der Waals surface area contributed by atoms with Gasteiger partial charge in [0.05, 0.1) is 14.9 Å². The molecule has 1 N–H and O–H groups in total. The van der Waals surface area contributed by atoms with Crippen LogP contribution in [0.25, 0.3) is 0 Å². The van der Waals surface area contributed by atoms with E-state index in [1.165, 1.54) is 46.4 Å². The van der Waals surface area contributed by atoms with Crippen LogP contribution in [0.3, 0.4) is 0 Å². The van der Waals surface area contributed by atoms with Crippen LogP contribution in [0.2, 0.25) is 0 Å². The SMILES string of the molecule is [O-][Cl+3]([O-])([O-])O.c1ccc(P(CCCCP(c2ccccc2)c2ccccc2)c2ccccc2)cc1. The van der Waals surface area contributed by atoms with Gasteiger partial charge in [0.1, 0.15) is 0 Å². The van der Waals surface area contributed by atoms with E-state index in [0.717, 1.165) is 0 Å². The van der Waals surface area contributed by atoms with Crippen LogP contribution in [-0.4, -0.2) is 17.0 Å². The summed E-state index contributed by atoms with van der Waals surface area (Å²) in [6.45, 7) is 0. The molecule has 0 saturated carbocycles. The van der Waals surface area contributed by atoms with Gasteiger partial charge >= 0.3 is 0 Å². The molecule has 0 spiro atoms. The first kappa shape index (κ1) is 27.5. The van der Waals surface area contributed by atoms with E-state index in [9.17, 15) is 0 Å². The van der Waals surface area contributed by atoms with E-state index in [2.05, 4.69) is 121 Å². The fourth-order valence-corrected chi connectivity index (χ4v) is 8.62. The quantitative estimate of drug-likeness (QED) is 0.266. The van der Waals surface area contributed by atoms with Gasteiger partial charge in [-0.3, -0.25) is 0 Å². The normalized spacial score (nSPS) is 11.3. The van der Waals surface area contributed by atoms with Gasteiger partial charge in [0.15, 0.2) is 0 Å². The molecule has 4 aromatic rings. The van der Waals surface area contributed by atoms with Gasteiger partial charge in [-0.2, -0.15) is 14.0 Å². The second-order valence-electron chi connectivity index (χ2n) is 7.75. The van der Waals surface area contributed by atoms with Crippen molar-refractivity contribution in [1.82, 2.24) is 0 Å². The minimum absolute atomic E-state index is 0.283. The van der Waals surface area contributed by atoms with Gasteiger partial charge in [-0.1, -0.05) is 121 Å². The third-order valence-electron chi connectivity index (χ3n) is 5.28. The second-order valence-corrected chi connectivity index (χ2v) is 13.2. The number of rotatable bonds is 9. The fourth-order valence-electron chi connectivity index (χ4n) is 3.79. The van der Waals surface area contributed by atoms with Crippen molar-refractivity contribution in [2.45, 2.75) is 12.8 Å². The summed E-state index contributed by atoms with van der Waals surface area (Å²) in [5.41, 5.74) is 0. The van der Waals surface area contributed by atoms with Crippen LogP contribution in [0.4, 0.5) is 0 Å². The van der Waals surface area contributed by atoms with E-state index < -0.39 is 10.2 Å². The maximum Gasteiger partial charge on any atom is 0.0777 e. The maximum absolute atomic E-state index is 8.60. The van der Waals surface area contributed by atoms with Crippen LogP contribution in [0.15, 0.2) is 121 Å². The fraction of sp³-hybridized carbons (Fsp3) is 0.143. The first-order valence-corrected chi connectivity index (χ1v) is 15.6. The average molecular weight is 527 g/mol. The molecule has 0 saturated heterocycles. The van der Waals surface area contributed by atoms with Gasteiger partial charge in [0, 0.05) is 0 Å². The van der Waals surface area contributed by atoms with Gasteiger partial charge in [-0.25, -0.2) is 0 Å². The molecule has 0 atom stereocenters. The largest absolute Gasteiger partial charge is 0.183 e. The zero-order valence-electron chi connectivity index (χ0n) is 19.3. The molecule has 0 radical (unpaired) electrons. The molecule has 0 amide bonds. The Hall–Kier alpha value is -2.13. The Bertz CT molecular complexity index is 925. The van der Waals surface area contributed by atoms with Crippen LogP contribution in [-0.2, 0) is 0 Å². The van der Waals surface area contributed by atoms with Crippen molar-refractivity contribution in [2.75, 3.05) is 12.3 Å². The van der Waals surface area contributed by atoms with Gasteiger partial charge in [-0.15, -0.1) is 0 Å². The summed E-state index contributed by atoms with van der Waals surface area (Å²) >= 11 is 0.